The number of carbonyl (C=O) groups excluding carboxylic acids is 1. The van der Waals surface area contributed by atoms with Gasteiger partial charge in [0.2, 0.25) is 5.91 Å². The van der Waals surface area contributed by atoms with Crippen molar-refractivity contribution in [2.45, 2.75) is 40.7 Å². The van der Waals surface area contributed by atoms with Crippen LogP contribution in [0.5, 0.6) is 0 Å². The van der Waals surface area contributed by atoms with Crippen molar-refractivity contribution in [3.8, 4) is 0 Å². The standard InChI is InChI=1S/C17H28N2O/c1-12(2)16(13(3)4)11-18-14(5)17(20)19-15-9-7-6-8-10-15/h6-10,12-14,16,18H,11H2,1-5H3,(H,19,20). The van der Waals surface area contributed by atoms with Gasteiger partial charge in [-0.25, -0.2) is 0 Å². The fraction of sp³-hybridized carbons (Fsp3) is 0.588. The molecular weight excluding hydrogens is 248 g/mol. The monoisotopic (exact) mass is 276 g/mol. The largest absolute Gasteiger partial charge is 0.325 e. The van der Waals surface area contributed by atoms with Crippen LogP contribution in [0.4, 0.5) is 5.69 Å². The summed E-state index contributed by atoms with van der Waals surface area (Å²) < 4.78 is 0. The number of hydrogen-bond acceptors (Lipinski definition) is 2. The highest BCUT2D eigenvalue weighted by Crippen LogP contribution is 2.19. The fourth-order valence-corrected chi connectivity index (χ4v) is 2.42. The molecule has 1 atom stereocenters. The molecule has 0 aromatic heterocycles. The van der Waals surface area contributed by atoms with Crippen LogP contribution in [0.25, 0.3) is 0 Å². The Morgan fingerprint density at radius 3 is 2.05 bits per heavy atom. The van der Waals surface area contributed by atoms with Crippen molar-refractivity contribution in [3.63, 3.8) is 0 Å². The first-order chi connectivity index (χ1) is 9.41. The lowest BCUT2D eigenvalue weighted by molar-refractivity contribution is -0.117. The van der Waals surface area contributed by atoms with Crippen LogP contribution >= 0.6 is 0 Å². The van der Waals surface area contributed by atoms with Crippen LogP contribution in [0.3, 0.4) is 0 Å². The van der Waals surface area contributed by atoms with Crippen LogP contribution in [-0.4, -0.2) is 18.5 Å². The van der Waals surface area contributed by atoms with Gasteiger partial charge in [0.1, 0.15) is 0 Å². The van der Waals surface area contributed by atoms with Gasteiger partial charge in [0.15, 0.2) is 0 Å². The number of hydrogen-bond donors (Lipinski definition) is 2. The predicted molar refractivity (Wildman–Crippen MR) is 85.7 cm³/mol. The van der Waals surface area contributed by atoms with Gasteiger partial charge in [-0.15, -0.1) is 0 Å². The summed E-state index contributed by atoms with van der Waals surface area (Å²) in [7, 11) is 0. The third-order valence-electron chi connectivity index (χ3n) is 3.81. The van der Waals surface area contributed by atoms with Gasteiger partial charge in [-0.05, 0) is 43.4 Å². The summed E-state index contributed by atoms with van der Waals surface area (Å²) >= 11 is 0. The maximum absolute atomic E-state index is 12.1. The van der Waals surface area contributed by atoms with Crippen LogP contribution in [-0.2, 0) is 4.79 Å². The van der Waals surface area contributed by atoms with Crippen molar-refractivity contribution in [2.75, 3.05) is 11.9 Å². The summed E-state index contributed by atoms with van der Waals surface area (Å²) in [6.45, 7) is 11.7. The zero-order valence-corrected chi connectivity index (χ0v) is 13.3. The summed E-state index contributed by atoms with van der Waals surface area (Å²) in [6.07, 6.45) is 0. The first-order valence-corrected chi connectivity index (χ1v) is 7.51. The Kier molecular flexibility index (Phi) is 6.73. The molecule has 0 radical (unpaired) electrons. The molecule has 112 valence electrons. The summed E-state index contributed by atoms with van der Waals surface area (Å²) in [4.78, 5) is 12.1. The first-order valence-electron chi connectivity index (χ1n) is 7.51. The summed E-state index contributed by atoms with van der Waals surface area (Å²) in [6, 6.07) is 9.39. The molecule has 1 amide bonds. The molecule has 0 aliphatic heterocycles. The Bertz CT molecular complexity index is 393. The van der Waals surface area contributed by atoms with E-state index >= 15 is 0 Å². The molecule has 1 rings (SSSR count). The smallest absolute Gasteiger partial charge is 0.241 e. The maximum Gasteiger partial charge on any atom is 0.241 e. The lowest BCUT2D eigenvalue weighted by Gasteiger charge is -2.26. The molecule has 0 fully saturated rings. The minimum Gasteiger partial charge on any atom is -0.325 e. The molecule has 2 N–H and O–H groups in total. The van der Waals surface area contributed by atoms with Crippen molar-refractivity contribution >= 4 is 11.6 Å². The van der Waals surface area contributed by atoms with Crippen molar-refractivity contribution < 1.29 is 4.79 Å². The maximum atomic E-state index is 12.1. The second-order valence-electron chi connectivity index (χ2n) is 6.14. The van der Waals surface area contributed by atoms with Gasteiger partial charge >= 0.3 is 0 Å². The lowest BCUT2D eigenvalue weighted by Crippen LogP contribution is -2.42. The number of para-hydroxylation sites is 1. The van der Waals surface area contributed by atoms with E-state index in [9.17, 15) is 4.79 Å². The molecule has 3 heteroatoms. The van der Waals surface area contributed by atoms with E-state index in [0.29, 0.717) is 17.8 Å². The van der Waals surface area contributed by atoms with Gasteiger partial charge < -0.3 is 10.6 Å². The van der Waals surface area contributed by atoms with E-state index in [1.54, 1.807) is 0 Å². The molecule has 0 bridgehead atoms. The highest BCUT2D eigenvalue weighted by atomic mass is 16.2. The average molecular weight is 276 g/mol. The molecule has 0 aliphatic rings. The number of amides is 1. The van der Waals surface area contributed by atoms with E-state index in [1.165, 1.54) is 0 Å². The van der Waals surface area contributed by atoms with Crippen molar-refractivity contribution in [1.29, 1.82) is 0 Å². The fourth-order valence-electron chi connectivity index (χ4n) is 2.42. The molecule has 20 heavy (non-hydrogen) atoms. The van der Waals surface area contributed by atoms with Gasteiger partial charge in [-0.1, -0.05) is 45.9 Å². The highest BCUT2D eigenvalue weighted by Gasteiger charge is 2.20. The van der Waals surface area contributed by atoms with E-state index in [-0.39, 0.29) is 11.9 Å². The average Bonchev–Trinajstić information content (AvgIpc) is 2.38. The second-order valence-corrected chi connectivity index (χ2v) is 6.14. The Morgan fingerprint density at radius 2 is 1.55 bits per heavy atom. The minimum absolute atomic E-state index is 0.0162. The topological polar surface area (TPSA) is 41.1 Å². The number of carbonyl (C=O) groups is 1. The zero-order valence-electron chi connectivity index (χ0n) is 13.3. The Balaban J connectivity index is 2.46. The van der Waals surface area contributed by atoms with Crippen LogP contribution in [0, 0.1) is 17.8 Å². The van der Waals surface area contributed by atoms with E-state index in [2.05, 4.69) is 38.3 Å². The van der Waals surface area contributed by atoms with Gasteiger partial charge in [0.05, 0.1) is 6.04 Å². The first kappa shape index (κ1) is 16.7. The van der Waals surface area contributed by atoms with Crippen molar-refractivity contribution in [1.82, 2.24) is 5.32 Å². The number of rotatable bonds is 7. The number of benzene rings is 1. The van der Waals surface area contributed by atoms with Gasteiger partial charge in [0, 0.05) is 5.69 Å². The Labute approximate surface area is 123 Å². The molecule has 0 saturated carbocycles. The highest BCUT2D eigenvalue weighted by molar-refractivity contribution is 5.94. The molecule has 0 spiro atoms. The number of nitrogens with one attached hydrogen (secondary N) is 2. The van der Waals surface area contributed by atoms with Gasteiger partial charge in [-0.3, -0.25) is 4.79 Å². The summed E-state index contributed by atoms with van der Waals surface area (Å²) in [5.74, 6) is 1.84. The molecule has 1 aromatic carbocycles. The van der Waals surface area contributed by atoms with Crippen LogP contribution < -0.4 is 10.6 Å². The lowest BCUT2D eigenvalue weighted by atomic mass is 9.85. The predicted octanol–water partition coefficient (Wildman–Crippen LogP) is 3.53. The molecule has 1 unspecified atom stereocenters. The van der Waals surface area contributed by atoms with E-state index in [1.807, 2.05) is 37.3 Å². The third kappa shape index (κ3) is 5.33. The Hall–Kier alpha value is -1.35. The quantitative estimate of drug-likeness (QED) is 0.800. The molecule has 0 saturated heterocycles. The van der Waals surface area contributed by atoms with Crippen LogP contribution in [0.1, 0.15) is 34.6 Å². The van der Waals surface area contributed by atoms with Gasteiger partial charge in [-0.2, -0.15) is 0 Å². The molecular formula is C17H28N2O. The van der Waals surface area contributed by atoms with Crippen molar-refractivity contribution in [3.05, 3.63) is 30.3 Å². The van der Waals surface area contributed by atoms with Crippen molar-refractivity contribution in [2.24, 2.45) is 17.8 Å². The van der Waals surface area contributed by atoms with Crippen LogP contribution in [0.2, 0.25) is 0 Å². The minimum atomic E-state index is -0.185. The molecule has 1 aromatic rings. The SMILES string of the molecule is CC(NCC(C(C)C)C(C)C)C(=O)Nc1ccccc1. The van der Waals surface area contributed by atoms with E-state index in [0.717, 1.165) is 12.2 Å². The zero-order chi connectivity index (χ0) is 15.1. The Morgan fingerprint density at radius 1 is 1.00 bits per heavy atom. The molecule has 0 aliphatic carbocycles. The summed E-state index contributed by atoms with van der Waals surface area (Å²) in [5, 5.41) is 6.28. The molecule has 0 heterocycles. The summed E-state index contributed by atoms with van der Waals surface area (Å²) in [5.41, 5.74) is 0.843. The molecule has 3 nitrogen and oxygen atoms in total. The third-order valence-corrected chi connectivity index (χ3v) is 3.81. The van der Waals surface area contributed by atoms with E-state index < -0.39 is 0 Å². The van der Waals surface area contributed by atoms with E-state index in [4.69, 9.17) is 0 Å². The second kappa shape index (κ2) is 8.05. The number of anilines is 1. The normalized spacial score (nSPS) is 13.0. The van der Waals surface area contributed by atoms with Gasteiger partial charge in [0.25, 0.3) is 0 Å². The van der Waals surface area contributed by atoms with Crippen LogP contribution in [0.15, 0.2) is 30.3 Å².